The molecule has 0 aliphatic carbocycles. The average Bonchev–Trinajstić information content (AvgIpc) is 3.37. The molecule has 4 aromatic rings. The van der Waals surface area contributed by atoms with Crippen LogP contribution in [0.3, 0.4) is 0 Å². The van der Waals surface area contributed by atoms with E-state index in [0.717, 1.165) is 34.4 Å². The topological polar surface area (TPSA) is 93.1 Å². The molecule has 1 aliphatic rings. The van der Waals surface area contributed by atoms with Crippen LogP contribution in [0.15, 0.2) is 42.9 Å². The molecule has 1 aliphatic heterocycles. The number of aromatic amines is 1. The van der Waals surface area contributed by atoms with Gasteiger partial charge in [0.2, 0.25) is 0 Å². The zero-order chi connectivity index (χ0) is 22.4. The molecule has 0 spiro atoms. The van der Waals surface area contributed by atoms with Crippen LogP contribution < -0.4 is 0 Å². The van der Waals surface area contributed by atoms with E-state index in [1.807, 2.05) is 28.8 Å². The maximum absolute atomic E-state index is 13.5. The number of amides is 1. The minimum absolute atomic E-state index is 0.266. The second kappa shape index (κ2) is 7.78. The first-order valence-electron chi connectivity index (χ1n) is 10.7. The second-order valence-electron chi connectivity index (χ2n) is 8.66. The quantitative estimate of drug-likeness (QED) is 0.501. The number of hydrogen-bond donors (Lipinski definition) is 1. The van der Waals surface area contributed by atoms with Crippen LogP contribution in [0, 0.1) is 5.92 Å². The molecule has 0 radical (unpaired) electrons. The fourth-order valence-corrected chi connectivity index (χ4v) is 4.53. The molecule has 0 fully saturated rings. The number of nitrogens with zero attached hydrogens (tertiary/aromatic N) is 4. The highest BCUT2D eigenvalue weighted by Gasteiger charge is 2.37. The van der Waals surface area contributed by atoms with Gasteiger partial charge in [0.25, 0.3) is 5.91 Å². The normalized spacial score (nSPS) is 16.0. The van der Waals surface area contributed by atoms with Gasteiger partial charge in [-0.2, -0.15) is 0 Å². The van der Waals surface area contributed by atoms with E-state index in [9.17, 15) is 9.59 Å². The van der Waals surface area contributed by atoms with Crippen LogP contribution in [-0.2, 0) is 29.0 Å². The lowest BCUT2D eigenvalue weighted by molar-refractivity contribution is -0.146. The lowest BCUT2D eigenvalue weighted by Gasteiger charge is -2.34. The number of pyridine rings is 1. The minimum atomic E-state index is -0.701. The Balaban J connectivity index is 1.51. The van der Waals surface area contributed by atoms with E-state index in [1.165, 1.54) is 7.11 Å². The highest BCUT2D eigenvalue weighted by molar-refractivity contribution is 5.99. The summed E-state index contributed by atoms with van der Waals surface area (Å²) >= 11 is 0. The lowest BCUT2D eigenvalue weighted by atomic mass is 9.96. The Hall–Kier alpha value is -3.68. The third kappa shape index (κ3) is 3.32. The minimum Gasteiger partial charge on any atom is -0.467 e. The number of nitrogens with one attached hydrogen (secondary N) is 1. The molecule has 3 aromatic heterocycles. The summed E-state index contributed by atoms with van der Waals surface area (Å²) in [5.41, 5.74) is 4.80. The molecule has 164 valence electrons. The first-order chi connectivity index (χ1) is 15.5. The van der Waals surface area contributed by atoms with Crippen molar-refractivity contribution in [3.63, 3.8) is 0 Å². The molecule has 0 saturated heterocycles. The van der Waals surface area contributed by atoms with Gasteiger partial charge in [-0.3, -0.25) is 4.79 Å². The molecule has 8 nitrogen and oxygen atoms in total. The number of para-hydroxylation sites is 1. The monoisotopic (exact) mass is 431 g/mol. The molecule has 0 saturated carbocycles. The number of rotatable bonds is 4. The van der Waals surface area contributed by atoms with Gasteiger partial charge < -0.3 is 19.2 Å². The summed E-state index contributed by atoms with van der Waals surface area (Å²) in [4.78, 5) is 40.1. The smallest absolute Gasteiger partial charge is 0.328 e. The number of benzene rings is 1. The number of imidazole rings is 1. The summed E-state index contributed by atoms with van der Waals surface area (Å²) in [6.45, 7) is 5.36. The van der Waals surface area contributed by atoms with Gasteiger partial charge in [0.1, 0.15) is 11.6 Å². The first-order valence-corrected chi connectivity index (χ1v) is 10.7. The molecule has 32 heavy (non-hydrogen) atoms. The first kappa shape index (κ1) is 20.2. The summed E-state index contributed by atoms with van der Waals surface area (Å²) in [6.07, 6.45) is 3.72. The summed E-state index contributed by atoms with van der Waals surface area (Å²) < 4.78 is 7.04. The Morgan fingerprint density at radius 3 is 2.84 bits per heavy atom. The third-order valence-electron chi connectivity index (χ3n) is 6.00. The molecule has 4 heterocycles. The fourth-order valence-electron chi connectivity index (χ4n) is 4.53. The number of fused-ring (bicyclic) bond motifs is 4. The van der Waals surface area contributed by atoms with E-state index in [2.05, 4.69) is 28.8 Å². The van der Waals surface area contributed by atoms with E-state index in [1.54, 1.807) is 23.5 Å². The predicted octanol–water partition coefficient (Wildman–Crippen LogP) is 3.31. The van der Waals surface area contributed by atoms with Crippen LogP contribution in [0.1, 0.15) is 35.5 Å². The largest absolute Gasteiger partial charge is 0.467 e. The maximum atomic E-state index is 13.5. The number of methoxy groups -OCH3 is 1. The van der Waals surface area contributed by atoms with Crippen molar-refractivity contribution in [1.29, 1.82) is 0 Å². The van der Waals surface area contributed by atoms with Gasteiger partial charge in [0, 0.05) is 35.8 Å². The standard InChI is InChI=1S/C24H25N5O3/c1-14(2)11-28-13-26-19-8-15(10-25-22(19)28)23(30)29-12-20-17(9-21(29)24(31)32-3)16-6-4-5-7-18(16)27-20/h4-8,10,13-14,21,27H,9,11-12H2,1-3H3/t21-/m0/s1. The van der Waals surface area contributed by atoms with Crippen LogP contribution in [0.2, 0.25) is 0 Å². The molecule has 1 N–H and O–H groups in total. The number of carbonyl (C=O) groups is 2. The van der Waals surface area contributed by atoms with E-state index in [0.29, 0.717) is 30.0 Å². The van der Waals surface area contributed by atoms with Crippen LogP contribution >= 0.6 is 0 Å². The third-order valence-corrected chi connectivity index (χ3v) is 6.00. The molecule has 0 unspecified atom stereocenters. The van der Waals surface area contributed by atoms with Crippen molar-refractivity contribution in [3.8, 4) is 0 Å². The van der Waals surface area contributed by atoms with Crippen molar-refractivity contribution in [2.75, 3.05) is 7.11 Å². The van der Waals surface area contributed by atoms with E-state index < -0.39 is 12.0 Å². The molecular weight excluding hydrogens is 406 g/mol. The van der Waals surface area contributed by atoms with Crippen LogP contribution in [0.4, 0.5) is 0 Å². The van der Waals surface area contributed by atoms with E-state index in [-0.39, 0.29) is 5.91 Å². The molecule has 0 bridgehead atoms. The van der Waals surface area contributed by atoms with Gasteiger partial charge in [0.05, 0.1) is 25.5 Å². The Labute approximate surface area is 185 Å². The van der Waals surface area contributed by atoms with Crippen molar-refractivity contribution in [2.24, 2.45) is 5.92 Å². The number of esters is 1. The number of H-pyrrole nitrogens is 1. The molecule has 1 amide bonds. The van der Waals surface area contributed by atoms with Gasteiger partial charge in [-0.25, -0.2) is 14.8 Å². The molecule has 1 aromatic carbocycles. The van der Waals surface area contributed by atoms with Crippen molar-refractivity contribution in [1.82, 2.24) is 24.4 Å². The number of ether oxygens (including phenoxy) is 1. The summed E-state index contributed by atoms with van der Waals surface area (Å²) in [6, 6.07) is 9.01. The average molecular weight is 431 g/mol. The fraction of sp³-hybridized carbons (Fsp3) is 0.333. The molecule has 1 atom stereocenters. The Morgan fingerprint density at radius 1 is 1.25 bits per heavy atom. The lowest BCUT2D eigenvalue weighted by Crippen LogP contribution is -2.49. The second-order valence-corrected chi connectivity index (χ2v) is 8.66. The number of carbonyl (C=O) groups excluding carboxylic acids is 2. The van der Waals surface area contributed by atoms with Gasteiger partial charge >= 0.3 is 5.97 Å². The van der Waals surface area contributed by atoms with Crippen LogP contribution in [0.25, 0.3) is 22.1 Å². The van der Waals surface area contributed by atoms with Crippen molar-refractivity contribution < 1.29 is 14.3 Å². The summed E-state index contributed by atoms with van der Waals surface area (Å²) in [5, 5.41) is 1.07. The Bertz CT molecular complexity index is 1340. The highest BCUT2D eigenvalue weighted by atomic mass is 16.5. The number of hydrogen-bond acceptors (Lipinski definition) is 5. The SMILES string of the molecule is COC(=O)[C@@H]1Cc2c([nH]c3ccccc23)CN1C(=O)c1cnc2c(c1)ncn2CC(C)C. The van der Waals surface area contributed by atoms with E-state index >= 15 is 0 Å². The van der Waals surface area contributed by atoms with Crippen molar-refractivity contribution >= 4 is 33.9 Å². The predicted molar refractivity (Wildman–Crippen MR) is 120 cm³/mol. The van der Waals surface area contributed by atoms with Crippen LogP contribution in [0.5, 0.6) is 0 Å². The molecular formula is C24H25N5O3. The van der Waals surface area contributed by atoms with E-state index in [4.69, 9.17) is 4.74 Å². The van der Waals surface area contributed by atoms with Crippen molar-refractivity contribution in [3.05, 3.63) is 59.7 Å². The Morgan fingerprint density at radius 2 is 2.06 bits per heavy atom. The maximum Gasteiger partial charge on any atom is 0.328 e. The zero-order valence-electron chi connectivity index (χ0n) is 18.3. The Kier molecular flexibility index (Phi) is 4.92. The zero-order valence-corrected chi connectivity index (χ0v) is 18.3. The summed E-state index contributed by atoms with van der Waals surface area (Å²) in [7, 11) is 1.35. The molecule has 8 heteroatoms. The van der Waals surface area contributed by atoms with Crippen molar-refractivity contribution in [2.45, 2.75) is 39.4 Å². The number of aromatic nitrogens is 4. The van der Waals surface area contributed by atoms with Gasteiger partial charge in [-0.05, 0) is 23.6 Å². The van der Waals surface area contributed by atoms with Gasteiger partial charge in [-0.1, -0.05) is 32.0 Å². The summed E-state index contributed by atoms with van der Waals surface area (Å²) in [5.74, 6) is -0.239. The van der Waals surface area contributed by atoms with Crippen LogP contribution in [-0.4, -0.2) is 49.4 Å². The molecule has 5 rings (SSSR count). The highest BCUT2D eigenvalue weighted by Crippen LogP contribution is 2.31. The van der Waals surface area contributed by atoms with Gasteiger partial charge in [-0.15, -0.1) is 0 Å². The van der Waals surface area contributed by atoms with Gasteiger partial charge in [0.15, 0.2) is 5.65 Å².